The maximum absolute atomic E-state index is 9.77. The summed E-state index contributed by atoms with van der Waals surface area (Å²) in [6.07, 6.45) is 2.48. The van der Waals surface area contributed by atoms with Crippen LogP contribution in [0.25, 0.3) is 0 Å². The molecule has 1 N–H and O–H groups in total. The van der Waals surface area contributed by atoms with Gasteiger partial charge in [0.2, 0.25) is 0 Å². The van der Waals surface area contributed by atoms with Crippen LogP contribution in [0.5, 0.6) is 0 Å². The fourth-order valence-corrected chi connectivity index (χ4v) is 4.84. The summed E-state index contributed by atoms with van der Waals surface area (Å²) < 4.78 is 5.39. The fourth-order valence-electron chi connectivity index (χ4n) is 4.84. The van der Waals surface area contributed by atoms with Crippen LogP contribution in [0.1, 0.15) is 64.2 Å². The third-order valence-electron chi connectivity index (χ3n) is 6.93. The van der Waals surface area contributed by atoms with Gasteiger partial charge in [0.05, 0.1) is 6.61 Å². The molecule has 0 heterocycles. The maximum Gasteiger partial charge on any atom is 0.0502 e. The van der Waals surface area contributed by atoms with Crippen LogP contribution >= 0.6 is 0 Å². The van der Waals surface area contributed by atoms with Crippen LogP contribution < -0.4 is 0 Å². The van der Waals surface area contributed by atoms with Gasteiger partial charge in [0.1, 0.15) is 0 Å². The molecule has 2 unspecified atom stereocenters. The van der Waals surface area contributed by atoms with Crippen molar-refractivity contribution >= 4 is 0 Å². The number of aliphatic hydroxyl groups is 1. The normalized spacial score (nSPS) is 34.0. The lowest BCUT2D eigenvalue weighted by atomic mass is 9.62. The molecule has 0 amide bonds. The van der Waals surface area contributed by atoms with Crippen LogP contribution in [0.3, 0.4) is 0 Å². The third kappa shape index (κ3) is 2.46. The van der Waals surface area contributed by atoms with E-state index in [1.807, 2.05) is 0 Å². The van der Waals surface area contributed by atoms with Gasteiger partial charge in [0.25, 0.3) is 0 Å². The van der Waals surface area contributed by atoms with E-state index in [0.717, 1.165) is 6.61 Å². The molecule has 23 heavy (non-hydrogen) atoms. The Morgan fingerprint density at radius 3 is 2.17 bits per heavy atom. The van der Waals surface area contributed by atoms with Crippen molar-refractivity contribution < 1.29 is 9.84 Å². The minimum Gasteiger partial charge on any atom is -0.396 e. The second-order valence-electron chi connectivity index (χ2n) is 9.16. The molecule has 0 radical (unpaired) electrons. The van der Waals surface area contributed by atoms with E-state index in [9.17, 15) is 5.11 Å². The van der Waals surface area contributed by atoms with Crippen molar-refractivity contribution in [1.82, 2.24) is 0 Å². The van der Waals surface area contributed by atoms with E-state index in [4.69, 9.17) is 4.74 Å². The van der Waals surface area contributed by atoms with Gasteiger partial charge in [0, 0.05) is 19.1 Å². The van der Waals surface area contributed by atoms with Crippen LogP contribution in [0.4, 0.5) is 0 Å². The highest BCUT2D eigenvalue weighted by molar-refractivity contribution is 5.48. The first kappa shape index (κ1) is 17.0. The fraction of sp³-hybridized carbons (Fsp3) is 0.714. The van der Waals surface area contributed by atoms with E-state index in [1.165, 1.54) is 29.5 Å². The van der Waals surface area contributed by atoms with E-state index in [-0.39, 0.29) is 22.9 Å². The molecule has 128 valence electrons. The van der Waals surface area contributed by atoms with Gasteiger partial charge in [-0.25, -0.2) is 0 Å². The summed E-state index contributed by atoms with van der Waals surface area (Å²) >= 11 is 0. The first-order valence-electron chi connectivity index (χ1n) is 8.94. The van der Waals surface area contributed by atoms with E-state index < -0.39 is 0 Å². The van der Waals surface area contributed by atoms with Crippen LogP contribution in [0.2, 0.25) is 0 Å². The van der Waals surface area contributed by atoms with E-state index in [2.05, 4.69) is 52.8 Å². The van der Waals surface area contributed by atoms with Gasteiger partial charge >= 0.3 is 0 Å². The van der Waals surface area contributed by atoms with E-state index >= 15 is 0 Å². The highest BCUT2D eigenvalue weighted by Crippen LogP contribution is 2.60. The van der Waals surface area contributed by atoms with Crippen molar-refractivity contribution in [2.45, 2.75) is 63.7 Å². The van der Waals surface area contributed by atoms with Crippen LogP contribution in [-0.4, -0.2) is 25.4 Å². The third-order valence-corrected chi connectivity index (χ3v) is 6.93. The summed E-state index contributed by atoms with van der Waals surface area (Å²) in [7, 11) is 1.76. The van der Waals surface area contributed by atoms with E-state index in [0.29, 0.717) is 11.8 Å². The highest BCUT2D eigenvalue weighted by atomic mass is 16.5. The molecular formula is C21H32O2. The summed E-state index contributed by atoms with van der Waals surface area (Å²) in [6.45, 7) is 12.7. The van der Waals surface area contributed by atoms with Gasteiger partial charge < -0.3 is 9.84 Å². The van der Waals surface area contributed by atoms with Crippen molar-refractivity contribution in [2.75, 3.05) is 20.3 Å². The molecule has 2 aliphatic rings. The molecule has 0 bridgehead atoms. The van der Waals surface area contributed by atoms with Crippen LogP contribution in [0.15, 0.2) is 18.2 Å². The smallest absolute Gasteiger partial charge is 0.0502 e. The van der Waals surface area contributed by atoms with E-state index in [1.54, 1.807) is 7.11 Å². The van der Waals surface area contributed by atoms with Gasteiger partial charge in [-0.1, -0.05) is 52.8 Å². The molecule has 1 saturated carbocycles. The number of ether oxygens (including phenoxy) is 1. The number of hydrogen-bond acceptors (Lipinski definition) is 2. The molecule has 1 aromatic rings. The summed E-state index contributed by atoms with van der Waals surface area (Å²) in [5, 5.41) is 9.77. The lowest BCUT2D eigenvalue weighted by Crippen LogP contribution is -2.34. The Kier molecular flexibility index (Phi) is 3.93. The SMILES string of the molecule is COCC1C(CO)[C@]1(C)c1ccc2c(c1)C(C)(C)CCC2(C)C. The number of hydrogen-bond donors (Lipinski definition) is 1. The zero-order valence-corrected chi connectivity index (χ0v) is 15.6. The molecular weight excluding hydrogens is 284 g/mol. The number of benzene rings is 1. The molecule has 1 aromatic carbocycles. The molecule has 2 nitrogen and oxygen atoms in total. The number of aliphatic hydroxyl groups excluding tert-OH is 1. The molecule has 1 fully saturated rings. The van der Waals surface area contributed by atoms with Crippen LogP contribution in [0, 0.1) is 11.8 Å². The Bertz CT molecular complexity index is 602. The lowest BCUT2D eigenvalue weighted by Gasteiger charge is -2.42. The Balaban J connectivity index is 2.04. The van der Waals surface area contributed by atoms with Crippen molar-refractivity contribution in [2.24, 2.45) is 11.8 Å². The van der Waals surface area contributed by atoms with Crippen LogP contribution in [-0.2, 0) is 21.0 Å². The molecule has 2 aliphatic carbocycles. The second kappa shape index (κ2) is 5.32. The van der Waals surface area contributed by atoms with Crippen molar-refractivity contribution in [1.29, 1.82) is 0 Å². The topological polar surface area (TPSA) is 29.5 Å². The molecule has 0 aromatic heterocycles. The van der Waals surface area contributed by atoms with Crippen molar-refractivity contribution in [3.05, 3.63) is 34.9 Å². The van der Waals surface area contributed by atoms with Gasteiger partial charge in [-0.05, 0) is 52.2 Å². The average molecular weight is 316 g/mol. The Morgan fingerprint density at radius 2 is 1.61 bits per heavy atom. The van der Waals surface area contributed by atoms with Crippen molar-refractivity contribution in [3.8, 4) is 0 Å². The molecule has 3 atom stereocenters. The number of methoxy groups -OCH3 is 1. The quantitative estimate of drug-likeness (QED) is 0.903. The molecule has 2 heteroatoms. The summed E-state index contributed by atoms with van der Waals surface area (Å²) in [5.41, 5.74) is 4.94. The first-order valence-corrected chi connectivity index (χ1v) is 8.94. The maximum atomic E-state index is 9.77. The zero-order chi connectivity index (χ0) is 17.0. The molecule has 0 spiro atoms. The van der Waals surface area contributed by atoms with Crippen molar-refractivity contribution in [3.63, 3.8) is 0 Å². The highest BCUT2D eigenvalue weighted by Gasteiger charge is 2.61. The standard InChI is InChI=1S/C21H32O2/c1-19(2)9-10-20(3,4)16-11-14(7-8-15(16)19)21(5)17(12-22)18(21)13-23-6/h7-8,11,17-18,22H,9-10,12-13H2,1-6H3/t17?,18?,21-/m0/s1. The predicted molar refractivity (Wildman–Crippen MR) is 95.0 cm³/mol. The minimum absolute atomic E-state index is 0.0530. The van der Waals surface area contributed by atoms with Gasteiger partial charge in [0.15, 0.2) is 0 Å². The Morgan fingerprint density at radius 1 is 1.00 bits per heavy atom. The molecule has 3 rings (SSSR count). The average Bonchev–Trinajstić information content (AvgIpc) is 3.09. The summed E-state index contributed by atoms with van der Waals surface area (Å²) in [5.74, 6) is 0.746. The largest absolute Gasteiger partial charge is 0.396 e. The summed E-state index contributed by atoms with van der Waals surface area (Å²) in [6, 6.07) is 7.10. The molecule has 0 aliphatic heterocycles. The Hall–Kier alpha value is -0.860. The monoisotopic (exact) mass is 316 g/mol. The Labute approximate surface area is 141 Å². The summed E-state index contributed by atoms with van der Waals surface area (Å²) in [4.78, 5) is 0. The van der Waals surface area contributed by atoms with Gasteiger partial charge in [-0.2, -0.15) is 0 Å². The minimum atomic E-state index is 0.0530. The van der Waals surface area contributed by atoms with Gasteiger partial charge in [-0.15, -0.1) is 0 Å². The predicted octanol–water partition coefficient (Wildman–Crippen LogP) is 4.18. The zero-order valence-electron chi connectivity index (χ0n) is 15.6. The first-order chi connectivity index (χ1) is 10.7. The second-order valence-corrected chi connectivity index (χ2v) is 9.16. The van der Waals surface area contributed by atoms with Gasteiger partial charge in [-0.3, -0.25) is 0 Å². The molecule has 0 saturated heterocycles. The number of fused-ring (bicyclic) bond motifs is 1. The number of rotatable bonds is 4. The lowest BCUT2D eigenvalue weighted by molar-refractivity contribution is 0.169.